The molecule has 0 aliphatic carbocycles. The maximum absolute atomic E-state index is 12.5. The zero-order valence-corrected chi connectivity index (χ0v) is 14.1. The Kier molecular flexibility index (Phi) is 5.19. The minimum absolute atomic E-state index is 0.0745. The molecule has 0 radical (unpaired) electrons. The molecule has 2 aromatic rings. The number of carbonyl (C=O) groups is 1. The molecular formula is C14H20N4OS2. The summed E-state index contributed by atoms with van der Waals surface area (Å²) in [6.07, 6.45) is 1.03. The molecule has 2 heterocycles. The number of nitrogens with two attached hydrogens (primary N) is 1. The molecule has 2 N–H and O–H groups in total. The van der Waals surface area contributed by atoms with Crippen molar-refractivity contribution < 1.29 is 4.79 Å². The van der Waals surface area contributed by atoms with E-state index in [1.54, 1.807) is 23.3 Å². The summed E-state index contributed by atoms with van der Waals surface area (Å²) >= 11 is 3.00. The maximum Gasteiger partial charge on any atom is 0.267 e. The second kappa shape index (κ2) is 6.91. The molecule has 0 atom stereocenters. The Morgan fingerprint density at radius 3 is 2.81 bits per heavy atom. The monoisotopic (exact) mass is 324 g/mol. The molecule has 1 amide bonds. The van der Waals surface area contributed by atoms with Crippen molar-refractivity contribution >= 4 is 39.5 Å². The van der Waals surface area contributed by atoms with Crippen LogP contribution in [0.2, 0.25) is 0 Å². The van der Waals surface area contributed by atoms with Gasteiger partial charge < -0.3 is 15.5 Å². The predicted octanol–water partition coefficient (Wildman–Crippen LogP) is 2.91. The number of rotatable bonds is 6. The van der Waals surface area contributed by atoms with E-state index >= 15 is 0 Å². The number of hydrogen-bond acceptors (Lipinski definition) is 6. The molecule has 0 fully saturated rings. The summed E-state index contributed by atoms with van der Waals surface area (Å²) in [7, 11) is 3.75. The van der Waals surface area contributed by atoms with Crippen LogP contribution in [0.15, 0.2) is 17.5 Å². The average molecular weight is 324 g/mol. The van der Waals surface area contributed by atoms with Gasteiger partial charge in [0.1, 0.15) is 10.7 Å². The van der Waals surface area contributed by atoms with Crippen LogP contribution in [0.25, 0.3) is 0 Å². The number of carbonyl (C=O) groups excluding carboxylic acids is 1. The van der Waals surface area contributed by atoms with Gasteiger partial charge in [0.2, 0.25) is 0 Å². The third-order valence-corrected chi connectivity index (χ3v) is 5.08. The van der Waals surface area contributed by atoms with Gasteiger partial charge >= 0.3 is 0 Å². The van der Waals surface area contributed by atoms with Gasteiger partial charge in [-0.3, -0.25) is 4.79 Å². The molecule has 2 rings (SSSR count). The first kappa shape index (κ1) is 15.8. The predicted molar refractivity (Wildman–Crippen MR) is 90.2 cm³/mol. The van der Waals surface area contributed by atoms with Gasteiger partial charge in [0, 0.05) is 25.5 Å². The molecule has 0 aliphatic heterocycles. The lowest BCUT2D eigenvalue weighted by atomic mass is 10.4. The molecule has 0 spiro atoms. The van der Waals surface area contributed by atoms with Crippen LogP contribution in [0.1, 0.15) is 27.9 Å². The number of nitrogens with zero attached hydrogens (tertiary/aromatic N) is 3. The van der Waals surface area contributed by atoms with Crippen molar-refractivity contribution in [3.8, 4) is 0 Å². The van der Waals surface area contributed by atoms with Gasteiger partial charge in [-0.15, -0.1) is 11.3 Å². The van der Waals surface area contributed by atoms with Crippen LogP contribution in [-0.4, -0.2) is 36.4 Å². The molecule has 0 saturated carbocycles. The highest BCUT2D eigenvalue weighted by molar-refractivity contribution is 7.18. The van der Waals surface area contributed by atoms with Gasteiger partial charge in [-0.1, -0.05) is 24.3 Å². The molecule has 21 heavy (non-hydrogen) atoms. The Bertz CT molecular complexity index is 594. The van der Waals surface area contributed by atoms with E-state index in [-0.39, 0.29) is 5.91 Å². The Morgan fingerprint density at radius 2 is 2.19 bits per heavy atom. The molecule has 114 valence electrons. The van der Waals surface area contributed by atoms with Crippen LogP contribution in [0.5, 0.6) is 0 Å². The van der Waals surface area contributed by atoms with Gasteiger partial charge in [-0.25, -0.2) is 4.98 Å². The third-order valence-electron chi connectivity index (χ3n) is 3.04. The fourth-order valence-corrected chi connectivity index (χ4v) is 3.67. The van der Waals surface area contributed by atoms with Crippen LogP contribution >= 0.6 is 22.7 Å². The summed E-state index contributed by atoms with van der Waals surface area (Å²) in [6.45, 7) is 3.59. The zero-order chi connectivity index (χ0) is 15.4. The van der Waals surface area contributed by atoms with Gasteiger partial charge in [0.25, 0.3) is 5.91 Å². The fraction of sp³-hybridized carbons (Fsp3) is 0.429. The lowest BCUT2D eigenvalue weighted by molar-refractivity contribution is 0.0792. The van der Waals surface area contributed by atoms with Crippen molar-refractivity contribution in [1.29, 1.82) is 0 Å². The lowest BCUT2D eigenvalue weighted by Crippen LogP contribution is -2.25. The Balaban J connectivity index is 2.11. The molecule has 0 aliphatic rings. The summed E-state index contributed by atoms with van der Waals surface area (Å²) in [5.74, 6) is 0.246. The van der Waals surface area contributed by atoms with Gasteiger partial charge in [-0.05, 0) is 17.9 Å². The van der Waals surface area contributed by atoms with Crippen LogP contribution in [-0.2, 0) is 6.54 Å². The molecule has 2 aromatic heterocycles. The van der Waals surface area contributed by atoms with Crippen LogP contribution < -0.4 is 10.6 Å². The second-order valence-electron chi connectivity index (χ2n) is 4.87. The number of anilines is 2. The number of aromatic nitrogens is 1. The SMILES string of the molecule is CCCN(C)c1nc(N)c(C(=O)N(C)Cc2cccs2)s1. The lowest BCUT2D eigenvalue weighted by Gasteiger charge is -2.15. The van der Waals surface area contributed by atoms with Crippen molar-refractivity contribution in [2.75, 3.05) is 31.3 Å². The smallest absolute Gasteiger partial charge is 0.267 e. The molecule has 5 nitrogen and oxygen atoms in total. The van der Waals surface area contributed by atoms with E-state index < -0.39 is 0 Å². The summed E-state index contributed by atoms with van der Waals surface area (Å²) in [5, 5.41) is 2.80. The number of amides is 1. The van der Waals surface area contributed by atoms with Crippen molar-refractivity contribution in [2.24, 2.45) is 0 Å². The van der Waals surface area contributed by atoms with Crippen LogP contribution in [0.4, 0.5) is 10.9 Å². The molecule has 7 heteroatoms. The van der Waals surface area contributed by atoms with E-state index in [4.69, 9.17) is 5.73 Å². The first-order valence-corrected chi connectivity index (χ1v) is 8.47. The highest BCUT2D eigenvalue weighted by Crippen LogP contribution is 2.29. The van der Waals surface area contributed by atoms with Crippen LogP contribution in [0, 0.1) is 0 Å². The van der Waals surface area contributed by atoms with Gasteiger partial charge in [0.05, 0.1) is 6.54 Å². The second-order valence-corrected chi connectivity index (χ2v) is 6.88. The number of thiazole rings is 1. The highest BCUT2D eigenvalue weighted by atomic mass is 32.1. The number of thiophene rings is 1. The molecule has 0 aromatic carbocycles. The van der Waals surface area contributed by atoms with Gasteiger partial charge in [0.15, 0.2) is 5.13 Å². The van der Waals surface area contributed by atoms with Crippen molar-refractivity contribution in [1.82, 2.24) is 9.88 Å². The van der Waals surface area contributed by atoms with Gasteiger partial charge in [-0.2, -0.15) is 0 Å². The summed E-state index contributed by atoms with van der Waals surface area (Å²) in [4.78, 5) is 22.2. The topological polar surface area (TPSA) is 62.5 Å². The largest absolute Gasteiger partial charge is 0.382 e. The third kappa shape index (κ3) is 3.74. The summed E-state index contributed by atoms with van der Waals surface area (Å²) in [5.41, 5.74) is 5.92. The number of nitrogen functional groups attached to an aromatic ring is 1. The van der Waals surface area contributed by atoms with Crippen molar-refractivity contribution in [3.63, 3.8) is 0 Å². The highest BCUT2D eigenvalue weighted by Gasteiger charge is 2.21. The standard InChI is InChI=1S/C14H20N4OS2/c1-4-7-17(2)14-16-12(15)11(21-14)13(19)18(3)9-10-6-5-8-20-10/h5-6,8H,4,7,9,15H2,1-3H3. The van der Waals surface area contributed by atoms with Crippen molar-refractivity contribution in [3.05, 3.63) is 27.3 Å². The van der Waals surface area contributed by atoms with E-state index in [1.165, 1.54) is 11.3 Å². The Hall–Kier alpha value is -1.60. The minimum atomic E-state index is -0.0745. The van der Waals surface area contributed by atoms with Crippen LogP contribution in [0.3, 0.4) is 0 Å². The summed E-state index contributed by atoms with van der Waals surface area (Å²) in [6, 6.07) is 4.00. The quantitative estimate of drug-likeness (QED) is 0.887. The van der Waals surface area contributed by atoms with Crippen molar-refractivity contribution in [2.45, 2.75) is 19.9 Å². The Labute approximate surface area is 133 Å². The first-order valence-electron chi connectivity index (χ1n) is 6.78. The van der Waals surface area contributed by atoms with E-state index in [0.29, 0.717) is 17.2 Å². The summed E-state index contributed by atoms with van der Waals surface area (Å²) < 4.78 is 0. The fourth-order valence-electron chi connectivity index (χ4n) is 1.95. The zero-order valence-electron chi connectivity index (χ0n) is 12.5. The minimum Gasteiger partial charge on any atom is -0.382 e. The van der Waals surface area contributed by atoms with E-state index in [1.807, 2.05) is 29.5 Å². The van der Waals surface area contributed by atoms with E-state index in [2.05, 4.69) is 11.9 Å². The average Bonchev–Trinajstić information content (AvgIpc) is 3.07. The molecule has 0 bridgehead atoms. The molecule has 0 unspecified atom stereocenters. The normalized spacial score (nSPS) is 10.6. The maximum atomic E-state index is 12.5. The number of hydrogen-bond donors (Lipinski definition) is 1. The van der Waals surface area contributed by atoms with E-state index in [9.17, 15) is 4.79 Å². The Morgan fingerprint density at radius 1 is 1.43 bits per heavy atom. The first-order chi connectivity index (χ1) is 10.0. The molecular weight excluding hydrogens is 304 g/mol. The van der Waals surface area contributed by atoms with E-state index in [0.717, 1.165) is 23.0 Å². The molecule has 0 saturated heterocycles.